The molecule has 2 fully saturated rings. The van der Waals surface area contributed by atoms with E-state index in [4.69, 9.17) is 9.47 Å². The first-order valence-electron chi connectivity index (χ1n) is 14.9. The van der Waals surface area contributed by atoms with Crippen LogP contribution in [0.1, 0.15) is 63.3 Å². The van der Waals surface area contributed by atoms with E-state index >= 15 is 0 Å². The van der Waals surface area contributed by atoms with Crippen LogP contribution in [0.25, 0.3) is 0 Å². The summed E-state index contributed by atoms with van der Waals surface area (Å²) >= 11 is 0. The average molecular weight is 620 g/mol. The molecule has 242 valence electrons. The summed E-state index contributed by atoms with van der Waals surface area (Å²) < 4.78 is 52.2. The van der Waals surface area contributed by atoms with Gasteiger partial charge in [-0.1, -0.05) is 39.0 Å². The SMILES string of the molecule is COc1ccc(C(F)(F)F)cc1CNC1C(c2ccccc2N(C)C)N(C(=O)C2(C)CCCOC2)C(C(=O)O)C1C(C)(C)C. The van der Waals surface area contributed by atoms with Gasteiger partial charge in [0, 0.05) is 50.5 Å². The highest BCUT2D eigenvalue weighted by Crippen LogP contribution is 2.51. The lowest BCUT2D eigenvalue weighted by Crippen LogP contribution is -2.53. The minimum atomic E-state index is -4.55. The number of alkyl halides is 3. The van der Waals surface area contributed by atoms with Gasteiger partial charge in [-0.25, -0.2) is 4.79 Å². The van der Waals surface area contributed by atoms with Gasteiger partial charge in [0.1, 0.15) is 11.8 Å². The zero-order valence-electron chi connectivity index (χ0n) is 26.5. The van der Waals surface area contributed by atoms with Crippen molar-refractivity contribution in [3.05, 3.63) is 59.2 Å². The predicted octanol–water partition coefficient (Wildman–Crippen LogP) is 5.75. The second-order valence-electron chi connectivity index (χ2n) is 13.4. The van der Waals surface area contributed by atoms with Gasteiger partial charge in [0.25, 0.3) is 0 Å². The number of hydrogen-bond acceptors (Lipinski definition) is 6. The molecular formula is C33H44F3N3O5. The molecule has 1 amide bonds. The quantitative estimate of drug-likeness (QED) is 0.389. The molecule has 0 bridgehead atoms. The number of para-hydroxylation sites is 1. The second kappa shape index (κ2) is 12.6. The van der Waals surface area contributed by atoms with Crippen LogP contribution in [0.5, 0.6) is 5.75 Å². The topological polar surface area (TPSA) is 91.3 Å². The molecule has 5 atom stereocenters. The monoisotopic (exact) mass is 619 g/mol. The van der Waals surface area contributed by atoms with Crippen LogP contribution in [-0.2, 0) is 27.0 Å². The number of benzene rings is 2. The number of nitrogens with one attached hydrogen (secondary N) is 1. The van der Waals surface area contributed by atoms with Crippen molar-refractivity contribution >= 4 is 17.6 Å². The van der Waals surface area contributed by atoms with Crippen LogP contribution in [0.3, 0.4) is 0 Å². The summed E-state index contributed by atoms with van der Waals surface area (Å²) in [5.74, 6) is -1.78. The fraction of sp³-hybridized carbons (Fsp3) is 0.576. The predicted molar refractivity (Wildman–Crippen MR) is 162 cm³/mol. The Morgan fingerprint density at radius 1 is 1.16 bits per heavy atom. The second-order valence-corrected chi connectivity index (χ2v) is 13.4. The molecule has 4 rings (SSSR count). The molecule has 2 aromatic rings. The van der Waals surface area contributed by atoms with Crippen LogP contribution in [-0.4, -0.2) is 68.4 Å². The molecule has 2 aliphatic rings. The number of anilines is 1. The summed E-state index contributed by atoms with van der Waals surface area (Å²) in [4.78, 5) is 31.3. The summed E-state index contributed by atoms with van der Waals surface area (Å²) in [6, 6.07) is 8.24. The Morgan fingerprint density at radius 3 is 2.39 bits per heavy atom. The number of hydrogen-bond donors (Lipinski definition) is 2. The normalized spacial score (nSPS) is 26.0. The van der Waals surface area contributed by atoms with E-state index in [1.54, 1.807) is 0 Å². The molecule has 2 aliphatic heterocycles. The number of carbonyl (C=O) groups excluding carboxylic acids is 1. The molecule has 0 saturated carbocycles. The van der Waals surface area contributed by atoms with Gasteiger partial charge < -0.3 is 29.7 Å². The summed E-state index contributed by atoms with van der Waals surface area (Å²) in [5.41, 5.74) is -0.533. The first-order chi connectivity index (χ1) is 20.5. The van der Waals surface area contributed by atoms with Crippen LogP contribution >= 0.6 is 0 Å². The van der Waals surface area contributed by atoms with Crippen molar-refractivity contribution in [2.24, 2.45) is 16.7 Å². The lowest BCUT2D eigenvalue weighted by molar-refractivity contribution is -0.161. The number of halogens is 3. The van der Waals surface area contributed by atoms with Gasteiger partial charge in [-0.3, -0.25) is 4.79 Å². The van der Waals surface area contributed by atoms with Crippen LogP contribution in [0.15, 0.2) is 42.5 Å². The Morgan fingerprint density at radius 2 is 1.84 bits per heavy atom. The van der Waals surface area contributed by atoms with E-state index < -0.39 is 52.6 Å². The number of amides is 1. The summed E-state index contributed by atoms with van der Waals surface area (Å²) in [6.07, 6.45) is -3.33. The van der Waals surface area contributed by atoms with Gasteiger partial charge in [0.05, 0.1) is 30.7 Å². The molecule has 0 radical (unpaired) electrons. The molecule has 2 heterocycles. The fourth-order valence-corrected chi connectivity index (χ4v) is 6.91. The van der Waals surface area contributed by atoms with Gasteiger partial charge in [-0.2, -0.15) is 13.2 Å². The number of ether oxygens (including phenoxy) is 2. The van der Waals surface area contributed by atoms with Crippen molar-refractivity contribution in [1.82, 2.24) is 10.2 Å². The summed E-state index contributed by atoms with van der Waals surface area (Å²) in [5, 5.41) is 14.2. The maximum atomic E-state index is 14.6. The smallest absolute Gasteiger partial charge is 0.416 e. The zero-order valence-corrected chi connectivity index (χ0v) is 26.5. The Hall–Kier alpha value is -3.31. The van der Waals surface area contributed by atoms with Crippen LogP contribution in [0.4, 0.5) is 18.9 Å². The molecule has 11 heteroatoms. The molecular weight excluding hydrogens is 575 g/mol. The van der Waals surface area contributed by atoms with Crippen LogP contribution in [0, 0.1) is 16.7 Å². The Balaban J connectivity index is 1.92. The van der Waals surface area contributed by atoms with Gasteiger partial charge >= 0.3 is 12.1 Å². The highest BCUT2D eigenvalue weighted by molar-refractivity contribution is 5.89. The Kier molecular flexibility index (Phi) is 9.61. The van der Waals surface area contributed by atoms with Crippen molar-refractivity contribution in [3.63, 3.8) is 0 Å². The van der Waals surface area contributed by atoms with E-state index in [9.17, 15) is 27.9 Å². The number of carbonyl (C=O) groups is 2. The van der Waals surface area contributed by atoms with E-state index in [2.05, 4.69) is 5.32 Å². The van der Waals surface area contributed by atoms with Gasteiger partial charge in [-0.15, -0.1) is 0 Å². The lowest BCUT2D eigenvalue weighted by atomic mass is 9.72. The van der Waals surface area contributed by atoms with Crippen molar-refractivity contribution in [2.45, 2.75) is 71.4 Å². The Bertz CT molecular complexity index is 1350. The van der Waals surface area contributed by atoms with E-state index in [-0.39, 0.29) is 30.4 Å². The van der Waals surface area contributed by atoms with E-state index in [0.717, 1.165) is 23.4 Å². The lowest BCUT2D eigenvalue weighted by Gasteiger charge is -2.40. The molecule has 5 unspecified atom stereocenters. The maximum Gasteiger partial charge on any atom is 0.416 e. The van der Waals surface area contributed by atoms with Crippen LogP contribution in [0.2, 0.25) is 0 Å². The highest BCUT2D eigenvalue weighted by Gasteiger charge is 2.60. The zero-order chi connectivity index (χ0) is 32.6. The van der Waals surface area contributed by atoms with Crippen LogP contribution < -0.4 is 15.0 Å². The molecule has 2 aromatic carbocycles. The van der Waals surface area contributed by atoms with Crippen molar-refractivity contribution in [1.29, 1.82) is 0 Å². The first kappa shape index (κ1) is 33.6. The van der Waals surface area contributed by atoms with E-state index in [0.29, 0.717) is 19.4 Å². The highest BCUT2D eigenvalue weighted by atomic mass is 19.4. The first-order valence-corrected chi connectivity index (χ1v) is 14.9. The number of methoxy groups -OCH3 is 1. The third-order valence-electron chi connectivity index (χ3n) is 8.98. The number of likely N-dealkylation sites (tertiary alicyclic amines) is 1. The summed E-state index contributed by atoms with van der Waals surface area (Å²) in [7, 11) is 5.15. The van der Waals surface area contributed by atoms with Crippen molar-refractivity contribution in [2.75, 3.05) is 39.3 Å². The number of rotatable bonds is 8. The molecule has 44 heavy (non-hydrogen) atoms. The van der Waals surface area contributed by atoms with E-state index in [1.807, 2.05) is 71.0 Å². The molecule has 2 N–H and O–H groups in total. The minimum absolute atomic E-state index is 0.0419. The molecule has 0 spiro atoms. The number of aliphatic carboxylic acids is 1. The van der Waals surface area contributed by atoms with E-state index in [1.165, 1.54) is 18.1 Å². The largest absolute Gasteiger partial charge is 0.496 e. The molecule has 0 aliphatic carbocycles. The molecule has 0 aromatic heterocycles. The maximum absolute atomic E-state index is 14.6. The minimum Gasteiger partial charge on any atom is -0.496 e. The summed E-state index contributed by atoms with van der Waals surface area (Å²) in [6.45, 7) is 8.29. The molecule has 2 saturated heterocycles. The van der Waals surface area contributed by atoms with Gasteiger partial charge in [0.2, 0.25) is 5.91 Å². The standard InChI is InChI=1S/C33H44F3N3O5/c1-31(2,3)25-26(37-18-20-17-21(33(34,35)36)13-14-24(20)43-7)27(22-11-8-9-12-23(22)38(5)6)39(28(25)29(40)41)30(42)32(4)15-10-16-44-19-32/h8-9,11-14,17,25-28,37H,10,15-16,18-19H2,1-7H3,(H,40,41). The third kappa shape index (κ3) is 6.54. The van der Waals surface area contributed by atoms with Crippen molar-refractivity contribution < 1.29 is 37.3 Å². The number of carboxylic acid groups (broad SMARTS) is 1. The third-order valence-corrected chi connectivity index (χ3v) is 8.98. The number of carboxylic acids is 1. The number of nitrogens with zero attached hydrogens (tertiary/aromatic N) is 2. The van der Waals surface area contributed by atoms with Crippen molar-refractivity contribution in [3.8, 4) is 5.75 Å². The van der Waals surface area contributed by atoms with Gasteiger partial charge in [0.15, 0.2) is 0 Å². The average Bonchev–Trinajstić information content (AvgIpc) is 3.31. The Labute approximate surface area is 257 Å². The van der Waals surface area contributed by atoms with Gasteiger partial charge in [-0.05, 0) is 55.0 Å². The molecule has 8 nitrogen and oxygen atoms in total. The fourth-order valence-electron chi connectivity index (χ4n) is 6.91.